The van der Waals surface area contributed by atoms with Gasteiger partial charge >= 0.3 is 0 Å². The number of nitrogen functional groups attached to an aromatic ring is 1. The zero-order chi connectivity index (χ0) is 10.0. The van der Waals surface area contributed by atoms with Crippen molar-refractivity contribution >= 4 is 27.4 Å². The Hall–Kier alpha value is -1.03. The molecular weight excluding hydrogens is 234 g/mol. The van der Waals surface area contributed by atoms with E-state index in [1.54, 1.807) is 12.1 Å². The molecule has 0 fully saturated rings. The van der Waals surface area contributed by atoms with Crippen LogP contribution in [0.3, 0.4) is 0 Å². The third-order valence-corrected chi connectivity index (χ3v) is 2.39. The molecule has 13 heavy (non-hydrogen) atoms. The largest absolute Gasteiger partial charge is 0.495 e. The van der Waals surface area contributed by atoms with Crippen molar-refractivity contribution in [1.82, 2.24) is 0 Å². The van der Waals surface area contributed by atoms with Gasteiger partial charge in [0.1, 0.15) is 5.75 Å². The smallest absolute Gasteiger partial charge is 0.163 e. The second-order valence-corrected chi connectivity index (χ2v) is 3.45. The van der Waals surface area contributed by atoms with Gasteiger partial charge in [0.25, 0.3) is 0 Å². The summed E-state index contributed by atoms with van der Waals surface area (Å²) in [4.78, 5) is 11.2. The Bertz CT molecular complexity index is 350. The fraction of sp³-hybridized carbons (Fsp3) is 0.222. The summed E-state index contributed by atoms with van der Waals surface area (Å²) in [6, 6.07) is 3.46. The van der Waals surface area contributed by atoms with Crippen molar-refractivity contribution in [1.29, 1.82) is 0 Å². The lowest BCUT2D eigenvalue weighted by molar-refractivity contribution is 0.101. The van der Waals surface area contributed by atoms with Crippen molar-refractivity contribution in [3.05, 3.63) is 22.2 Å². The number of anilines is 1. The van der Waals surface area contributed by atoms with Crippen LogP contribution in [-0.2, 0) is 0 Å². The van der Waals surface area contributed by atoms with Crippen molar-refractivity contribution in [3.8, 4) is 5.75 Å². The van der Waals surface area contributed by atoms with Crippen LogP contribution in [0.4, 0.5) is 5.69 Å². The highest BCUT2D eigenvalue weighted by Gasteiger charge is 2.13. The Labute approximate surface area is 85.0 Å². The first-order chi connectivity index (χ1) is 6.07. The van der Waals surface area contributed by atoms with Crippen LogP contribution in [0.15, 0.2) is 16.6 Å². The van der Waals surface area contributed by atoms with Crippen LogP contribution in [0.25, 0.3) is 0 Å². The van der Waals surface area contributed by atoms with Gasteiger partial charge in [0, 0.05) is 4.47 Å². The molecule has 0 aliphatic carbocycles. The van der Waals surface area contributed by atoms with Crippen molar-refractivity contribution < 1.29 is 9.53 Å². The topological polar surface area (TPSA) is 52.3 Å². The molecule has 0 aliphatic rings. The Kier molecular flexibility index (Phi) is 2.93. The predicted octanol–water partition coefficient (Wildman–Crippen LogP) is 2.24. The van der Waals surface area contributed by atoms with Crippen molar-refractivity contribution in [3.63, 3.8) is 0 Å². The minimum absolute atomic E-state index is 0.0803. The van der Waals surface area contributed by atoms with Gasteiger partial charge in [-0.15, -0.1) is 0 Å². The molecular formula is C9H10BrNO2. The Morgan fingerprint density at radius 1 is 1.54 bits per heavy atom. The number of ketones is 1. The maximum Gasteiger partial charge on any atom is 0.163 e. The minimum Gasteiger partial charge on any atom is -0.495 e. The molecule has 0 heterocycles. The Morgan fingerprint density at radius 2 is 2.15 bits per heavy atom. The molecule has 0 unspecified atom stereocenters. The van der Waals surface area contributed by atoms with Gasteiger partial charge < -0.3 is 10.5 Å². The van der Waals surface area contributed by atoms with E-state index in [9.17, 15) is 4.79 Å². The van der Waals surface area contributed by atoms with Crippen LogP contribution in [0.2, 0.25) is 0 Å². The summed E-state index contributed by atoms with van der Waals surface area (Å²) in [6.07, 6.45) is 0. The molecule has 4 heteroatoms. The highest BCUT2D eigenvalue weighted by atomic mass is 79.9. The summed E-state index contributed by atoms with van der Waals surface area (Å²) < 4.78 is 5.69. The number of carbonyl (C=O) groups excluding carboxylic acids is 1. The molecule has 0 spiro atoms. The molecule has 3 nitrogen and oxygen atoms in total. The second-order valence-electron chi connectivity index (χ2n) is 2.59. The molecule has 1 aromatic rings. The molecule has 70 valence electrons. The summed E-state index contributed by atoms with van der Waals surface area (Å²) in [5.41, 5.74) is 6.57. The van der Waals surface area contributed by atoms with E-state index in [4.69, 9.17) is 10.5 Å². The molecule has 0 aromatic heterocycles. The van der Waals surface area contributed by atoms with Crippen LogP contribution in [0.5, 0.6) is 5.75 Å². The third-order valence-electron chi connectivity index (χ3n) is 1.73. The number of methoxy groups -OCH3 is 1. The van der Waals surface area contributed by atoms with Gasteiger partial charge in [0.2, 0.25) is 0 Å². The van der Waals surface area contributed by atoms with Gasteiger partial charge in [0.15, 0.2) is 5.78 Å². The third kappa shape index (κ3) is 1.83. The first-order valence-electron chi connectivity index (χ1n) is 3.70. The van der Waals surface area contributed by atoms with Crippen LogP contribution in [-0.4, -0.2) is 12.9 Å². The average molecular weight is 244 g/mol. The van der Waals surface area contributed by atoms with E-state index in [2.05, 4.69) is 15.9 Å². The van der Waals surface area contributed by atoms with Crippen LogP contribution in [0, 0.1) is 0 Å². The molecule has 0 saturated carbocycles. The number of hydrogen-bond acceptors (Lipinski definition) is 3. The van der Waals surface area contributed by atoms with Gasteiger partial charge in [0.05, 0.1) is 18.4 Å². The van der Waals surface area contributed by atoms with E-state index in [1.807, 2.05) is 0 Å². The lowest BCUT2D eigenvalue weighted by atomic mass is 10.1. The van der Waals surface area contributed by atoms with Crippen molar-refractivity contribution in [2.24, 2.45) is 0 Å². The number of Topliss-reactive ketones (excluding diaryl/α,β-unsaturated/α-hetero) is 1. The van der Waals surface area contributed by atoms with Gasteiger partial charge in [-0.2, -0.15) is 0 Å². The maximum atomic E-state index is 11.2. The van der Waals surface area contributed by atoms with E-state index >= 15 is 0 Å². The summed E-state index contributed by atoms with van der Waals surface area (Å²) in [6.45, 7) is 1.47. The number of benzene rings is 1. The van der Waals surface area contributed by atoms with E-state index in [0.717, 1.165) is 0 Å². The molecule has 0 bridgehead atoms. The normalized spacial score (nSPS) is 9.77. The fourth-order valence-corrected chi connectivity index (χ4v) is 1.73. The van der Waals surface area contributed by atoms with E-state index in [1.165, 1.54) is 14.0 Å². The lowest BCUT2D eigenvalue weighted by Crippen LogP contribution is -2.03. The molecule has 1 aromatic carbocycles. The van der Waals surface area contributed by atoms with Crippen LogP contribution < -0.4 is 10.5 Å². The maximum absolute atomic E-state index is 11.2. The zero-order valence-corrected chi connectivity index (χ0v) is 9.01. The minimum atomic E-state index is -0.0803. The summed E-state index contributed by atoms with van der Waals surface area (Å²) in [5.74, 6) is 0.441. The number of hydrogen-bond donors (Lipinski definition) is 1. The van der Waals surface area contributed by atoms with E-state index in [-0.39, 0.29) is 5.78 Å². The van der Waals surface area contributed by atoms with Gasteiger partial charge in [-0.3, -0.25) is 4.79 Å². The molecule has 0 saturated heterocycles. The zero-order valence-electron chi connectivity index (χ0n) is 7.43. The van der Waals surface area contributed by atoms with Crippen molar-refractivity contribution in [2.75, 3.05) is 12.8 Å². The molecule has 0 amide bonds. The van der Waals surface area contributed by atoms with Gasteiger partial charge in [-0.05, 0) is 35.0 Å². The van der Waals surface area contributed by atoms with Crippen LogP contribution in [0.1, 0.15) is 17.3 Å². The Morgan fingerprint density at radius 3 is 2.62 bits per heavy atom. The Balaban J connectivity index is 3.38. The summed E-state index contributed by atoms with van der Waals surface area (Å²) in [7, 11) is 1.52. The number of nitrogens with two attached hydrogens (primary N) is 1. The van der Waals surface area contributed by atoms with Gasteiger partial charge in [-0.25, -0.2) is 0 Å². The van der Waals surface area contributed by atoms with E-state index in [0.29, 0.717) is 21.5 Å². The number of carbonyl (C=O) groups is 1. The molecule has 0 radical (unpaired) electrons. The highest BCUT2D eigenvalue weighted by molar-refractivity contribution is 9.10. The van der Waals surface area contributed by atoms with Gasteiger partial charge in [-0.1, -0.05) is 0 Å². The average Bonchev–Trinajstić information content (AvgIpc) is 2.04. The highest BCUT2D eigenvalue weighted by Crippen LogP contribution is 2.31. The standard InChI is InChI=1S/C9H10BrNO2/c1-5(12)8-6(10)3-4-7(13-2)9(8)11/h3-4H,11H2,1-2H3. The molecule has 0 atom stereocenters. The quantitative estimate of drug-likeness (QED) is 0.641. The summed E-state index contributed by atoms with van der Waals surface area (Å²) in [5, 5.41) is 0. The summed E-state index contributed by atoms with van der Waals surface area (Å²) >= 11 is 3.25. The predicted molar refractivity (Wildman–Crippen MR) is 55.1 cm³/mol. The van der Waals surface area contributed by atoms with Crippen LogP contribution >= 0.6 is 15.9 Å². The number of ether oxygens (including phenoxy) is 1. The molecule has 0 aliphatic heterocycles. The van der Waals surface area contributed by atoms with E-state index < -0.39 is 0 Å². The SMILES string of the molecule is COc1ccc(Br)c(C(C)=O)c1N. The first kappa shape index (κ1) is 10.1. The number of rotatable bonds is 2. The lowest BCUT2D eigenvalue weighted by Gasteiger charge is -2.09. The number of halogens is 1. The monoisotopic (exact) mass is 243 g/mol. The molecule has 1 rings (SSSR count). The molecule has 2 N–H and O–H groups in total. The second kappa shape index (κ2) is 3.79. The first-order valence-corrected chi connectivity index (χ1v) is 4.50. The fourth-order valence-electron chi connectivity index (χ4n) is 1.11. The van der Waals surface area contributed by atoms with Crippen molar-refractivity contribution in [2.45, 2.75) is 6.92 Å².